The predicted molar refractivity (Wildman–Crippen MR) is 278 cm³/mol. The Balaban J connectivity index is 0.000000994. The Morgan fingerprint density at radius 2 is 1.38 bits per heavy atom. The van der Waals surface area contributed by atoms with Gasteiger partial charge in [0.1, 0.15) is 29.1 Å². The van der Waals surface area contributed by atoms with Crippen LogP contribution in [0.1, 0.15) is 192 Å². The first kappa shape index (κ1) is 65.2. The summed E-state index contributed by atoms with van der Waals surface area (Å²) in [6, 6.07) is -0.899. The van der Waals surface area contributed by atoms with Crippen LogP contribution >= 0.6 is 0 Å². The fourth-order valence-corrected chi connectivity index (χ4v) is 7.89. The van der Waals surface area contributed by atoms with E-state index in [1.54, 1.807) is 19.9 Å². The van der Waals surface area contributed by atoms with E-state index in [-0.39, 0.29) is 73.7 Å². The van der Waals surface area contributed by atoms with Gasteiger partial charge in [0, 0.05) is 31.2 Å². The summed E-state index contributed by atoms with van der Waals surface area (Å²) in [5.41, 5.74) is 1.11. The number of ketones is 3. The molecule has 0 spiro atoms. The maximum atomic E-state index is 13.1. The Morgan fingerprint density at radius 1 is 0.761 bits per heavy atom. The molecule has 1 heterocycles. The smallest absolute Gasteiger partial charge is 0.328 e. The van der Waals surface area contributed by atoms with Crippen molar-refractivity contribution >= 4 is 35.2 Å². The van der Waals surface area contributed by atoms with Gasteiger partial charge in [0.15, 0.2) is 0 Å². The number of unbranched alkanes of at least 4 members (excludes halogenated alkanes) is 2. The zero-order valence-corrected chi connectivity index (χ0v) is 45.8. The number of Topliss-reactive ketones (excluding diaryl/α,β-unsaturated/α-hetero) is 3. The van der Waals surface area contributed by atoms with E-state index in [4.69, 9.17) is 18.9 Å². The van der Waals surface area contributed by atoms with E-state index >= 15 is 0 Å². The van der Waals surface area contributed by atoms with Crippen molar-refractivity contribution in [2.45, 2.75) is 228 Å². The van der Waals surface area contributed by atoms with Gasteiger partial charge in [-0.3, -0.25) is 24.0 Å². The molecule has 0 aromatic carbocycles. The average Bonchev–Trinajstić information content (AvgIpc) is 3.32. The van der Waals surface area contributed by atoms with E-state index in [0.29, 0.717) is 57.3 Å². The molecule has 1 saturated heterocycles. The quantitative estimate of drug-likeness (QED) is 0.0148. The van der Waals surface area contributed by atoms with Crippen molar-refractivity contribution in [3.63, 3.8) is 0 Å². The van der Waals surface area contributed by atoms with E-state index in [2.05, 4.69) is 0 Å². The first-order valence-corrected chi connectivity index (χ1v) is 26.6. The molecule has 1 aliphatic heterocycles. The molecule has 406 valence electrons. The Labute approximate surface area is 427 Å². The summed E-state index contributed by atoms with van der Waals surface area (Å²) in [6.07, 6.45) is 23.5. The van der Waals surface area contributed by atoms with Gasteiger partial charge in [-0.25, -0.2) is 4.79 Å². The molecule has 3 N–H and O–H groups in total. The first-order valence-electron chi connectivity index (χ1n) is 26.6. The molecule has 0 aromatic rings. The number of aliphatic hydroxyl groups is 3. The molecule has 1 saturated carbocycles. The molecule has 4 unspecified atom stereocenters. The van der Waals surface area contributed by atoms with Crippen molar-refractivity contribution in [1.82, 2.24) is 4.90 Å². The predicted octanol–water partition coefficient (Wildman–Crippen LogP) is 9.84. The van der Waals surface area contributed by atoms with Crippen molar-refractivity contribution in [1.29, 1.82) is 0 Å². The van der Waals surface area contributed by atoms with Crippen molar-refractivity contribution < 1.29 is 63.0 Å². The van der Waals surface area contributed by atoms with Crippen molar-refractivity contribution in [3.05, 3.63) is 47.6 Å². The number of allylic oxidation sites excluding steroid dienone is 7. The molecule has 2 aliphatic rings. The lowest BCUT2D eigenvalue weighted by Gasteiger charge is -2.36. The van der Waals surface area contributed by atoms with Gasteiger partial charge >= 0.3 is 11.9 Å². The Morgan fingerprint density at radius 3 is 1.97 bits per heavy atom. The van der Waals surface area contributed by atoms with Crippen LogP contribution in [-0.2, 0) is 47.7 Å². The Bertz CT molecular complexity index is 1740. The molecule has 14 nitrogen and oxygen atoms in total. The minimum atomic E-state index is -2.82. The summed E-state index contributed by atoms with van der Waals surface area (Å²) in [4.78, 5) is 75.9. The standard InChI is InChI=1S/C40H63NO9.C17H32O4/c1-28(2)27-50-39(47)34-22-16-17-25-41(34)38(46)37(45)40(48,49)32(6)21-15-11-13-19-29(3)18-12-9-8-10-14-20-30(4)35(43)26-36(44)31(5)23-24-33(7)42;1-13(2)19-11-17(5,12-20-14(3)4)16(18)21-15-9-7-6-8-10-15/h8-10,12,18,23,28,30,32,34,36,44,48-49H,11,13-17,19-22,24-27H2,1-7H3;13-15H,6-12H2,1-5H3/b10-8+,12-9+,29-18+,31-23+;. The number of esters is 2. The lowest BCUT2D eigenvalue weighted by Crippen LogP contribution is -2.57. The number of nitrogens with zero attached hydrogens (tertiary/aromatic N) is 1. The summed E-state index contributed by atoms with van der Waals surface area (Å²) in [7, 11) is 0. The van der Waals surface area contributed by atoms with Crippen LogP contribution in [0.2, 0.25) is 0 Å². The third-order valence-corrected chi connectivity index (χ3v) is 13.0. The number of aliphatic hydroxyl groups excluding tert-OH is 1. The van der Waals surface area contributed by atoms with Gasteiger partial charge in [-0.05, 0) is 144 Å². The maximum Gasteiger partial charge on any atom is 0.328 e. The number of rotatable bonds is 31. The molecule has 0 bridgehead atoms. The van der Waals surface area contributed by atoms with Crippen LogP contribution in [0.4, 0.5) is 0 Å². The number of hydrogen-bond acceptors (Lipinski definition) is 13. The summed E-state index contributed by atoms with van der Waals surface area (Å²) in [5.74, 6) is -6.82. The molecule has 2 rings (SSSR count). The lowest BCUT2D eigenvalue weighted by molar-refractivity contribution is -0.205. The van der Waals surface area contributed by atoms with Crippen LogP contribution in [0.5, 0.6) is 0 Å². The van der Waals surface area contributed by atoms with Crippen LogP contribution in [0, 0.1) is 23.2 Å². The maximum absolute atomic E-state index is 13.1. The topological polar surface area (TPSA) is 203 Å². The second-order valence-corrected chi connectivity index (χ2v) is 21.4. The summed E-state index contributed by atoms with van der Waals surface area (Å²) in [5, 5.41) is 31.6. The van der Waals surface area contributed by atoms with Crippen molar-refractivity contribution in [3.8, 4) is 0 Å². The number of hydrogen-bond donors (Lipinski definition) is 3. The SMILES string of the molecule is CC(=O)C/C=C(\C)C(O)CC(=O)C(C)CC/C=C/C=C/C=C(\C)CCCCCC(C)C(O)(O)C(=O)C(=O)N1CCCCC1C(=O)OCC(C)C.CC(C)OCC(C)(COC(C)C)C(=O)OC1CCCCC1. The third-order valence-electron chi connectivity index (χ3n) is 13.0. The van der Waals surface area contributed by atoms with Gasteiger partial charge in [0.05, 0.1) is 38.1 Å². The van der Waals surface area contributed by atoms with E-state index < -0.39 is 46.9 Å². The molecule has 0 radical (unpaired) electrons. The minimum Gasteiger partial charge on any atom is -0.464 e. The highest BCUT2D eigenvalue weighted by Gasteiger charge is 2.47. The monoisotopic (exact) mass is 1000 g/mol. The number of amides is 1. The molecule has 2 fully saturated rings. The van der Waals surface area contributed by atoms with Gasteiger partial charge in [-0.1, -0.05) is 89.0 Å². The van der Waals surface area contributed by atoms with E-state index in [1.807, 2.05) is 92.7 Å². The lowest BCUT2D eigenvalue weighted by atomic mass is 9.89. The van der Waals surface area contributed by atoms with Gasteiger partial charge in [-0.2, -0.15) is 0 Å². The fraction of sp³-hybridized carbons (Fsp3) is 0.754. The zero-order valence-electron chi connectivity index (χ0n) is 45.8. The third kappa shape index (κ3) is 26.6. The number of likely N-dealkylation sites (tertiary alicyclic amines) is 1. The fourth-order valence-electron chi connectivity index (χ4n) is 7.89. The second-order valence-electron chi connectivity index (χ2n) is 21.4. The molecule has 4 atom stereocenters. The molecule has 1 aliphatic carbocycles. The van der Waals surface area contributed by atoms with Crippen LogP contribution in [0.3, 0.4) is 0 Å². The Kier molecular flexibility index (Phi) is 31.7. The van der Waals surface area contributed by atoms with Gasteiger partial charge < -0.3 is 39.2 Å². The number of piperidine rings is 1. The van der Waals surface area contributed by atoms with Crippen LogP contribution < -0.4 is 0 Å². The van der Waals surface area contributed by atoms with Crippen LogP contribution in [-0.4, -0.2) is 118 Å². The Hall–Kier alpha value is -3.82. The normalized spacial score (nSPS) is 17.9. The van der Waals surface area contributed by atoms with E-state index in [9.17, 15) is 44.1 Å². The highest BCUT2D eigenvalue weighted by Crippen LogP contribution is 2.28. The number of ether oxygens (including phenoxy) is 4. The number of carbonyl (C=O) groups excluding carboxylic acids is 6. The molecule has 71 heavy (non-hydrogen) atoms. The molecule has 0 aromatic heterocycles. The average molecular weight is 1000 g/mol. The highest BCUT2D eigenvalue weighted by atomic mass is 16.6. The first-order chi connectivity index (χ1) is 33.3. The second kappa shape index (κ2) is 34.6. The van der Waals surface area contributed by atoms with Gasteiger partial charge in [0.2, 0.25) is 5.79 Å². The number of carbonyl (C=O) groups is 6. The molecular weight excluding hydrogens is 907 g/mol. The summed E-state index contributed by atoms with van der Waals surface area (Å²) < 4.78 is 22.4. The molecule has 14 heteroatoms. The van der Waals surface area contributed by atoms with Crippen molar-refractivity contribution in [2.24, 2.45) is 23.2 Å². The molecule has 1 amide bonds. The zero-order chi connectivity index (χ0) is 53.7. The minimum absolute atomic E-state index is 0.00382. The van der Waals surface area contributed by atoms with Gasteiger partial charge in [0.25, 0.3) is 11.7 Å². The summed E-state index contributed by atoms with van der Waals surface area (Å²) in [6.45, 7) is 23.3. The van der Waals surface area contributed by atoms with Crippen LogP contribution in [0.25, 0.3) is 0 Å². The summed E-state index contributed by atoms with van der Waals surface area (Å²) >= 11 is 0. The van der Waals surface area contributed by atoms with E-state index in [1.165, 1.54) is 18.9 Å². The van der Waals surface area contributed by atoms with Crippen LogP contribution in [0.15, 0.2) is 47.6 Å². The largest absolute Gasteiger partial charge is 0.464 e. The van der Waals surface area contributed by atoms with Crippen molar-refractivity contribution in [2.75, 3.05) is 26.4 Å². The van der Waals surface area contributed by atoms with Gasteiger partial charge in [-0.15, -0.1) is 0 Å². The highest BCUT2D eigenvalue weighted by molar-refractivity contribution is 6.39. The molecular formula is C57H95NO13. The van der Waals surface area contributed by atoms with E-state index in [0.717, 1.165) is 56.3 Å².